The van der Waals surface area contributed by atoms with E-state index in [1.165, 1.54) is 16.2 Å². The molecule has 0 aliphatic rings. The fourth-order valence-corrected chi connectivity index (χ4v) is 2.28. The van der Waals surface area contributed by atoms with Crippen LogP contribution in [-0.2, 0) is 9.47 Å². The highest BCUT2D eigenvalue weighted by atomic mass is 32.1. The molecule has 0 saturated heterocycles. The number of hydrogen-bond acceptors (Lipinski definition) is 5. The summed E-state index contributed by atoms with van der Waals surface area (Å²) in [5, 5.41) is 1.92. The molecule has 0 aromatic carbocycles. The lowest BCUT2D eigenvalue weighted by molar-refractivity contribution is -0.110. The number of methoxy groups -OCH3 is 2. The van der Waals surface area contributed by atoms with E-state index in [1.807, 2.05) is 16.0 Å². The molecule has 0 bridgehead atoms. The molecule has 6 nitrogen and oxygen atoms in total. The number of amides is 1. The molecule has 0 aliphatic carbocycles. The SMILES string of the molecule is COC(CN(C)C(=O)c1cn2ccsc2n1)OC. The van der Waals surface area contributed by atoms with Crippen LogP contribution < -0.4 is 0 Å². The maximum atomic E-state index is 12.1. The number of imidazole rings is 1. The molecule has 7 heteroatoms. The Morgan fingerprint density at radius 2 is 2.28 bits per heavy atom. The van der Waals surface area contributed by atoms with Crippen LogP contribution in [0.3, 0.4) is 0 Å². The summed E-state index contributed by atoms with van der Waals surface area (Å²) in [6, 6.07) is 0. The van der Waals surface area contributed by atoms with Crippen LogP contribution in [0, 0.1) is 0 Å². The van der Waals surface area contributed by atoms with Crippen molar-refractivity contribution in [3.8, 4) is 0 Å². The molecule has 2 rings (SSSR count). The maximum Gasteiger partial charge on any atom is 0.274 e. The van der Waals surface area contributed by atoms with Gasteiger partial charge in [0.05, 0.1) is 6.54 Å². The number of nitrogens with zero attached hydrogens (tertiary/aromatic N) is 3. The molecule has 98 valence electrons. The van der Waals surface area contributed by atoms with Crippen LogP contribution in [0.1, 0.15) is 10.5 Å². The first-order chi connectivity index (χ1) is 8.65. The highest BCUT2D eigenvalue weighted by molar-refractivity contribution is 7.15. The average molecular weight is 269 g/mol. The van der Waals surface area contributed by atoms with Crippen molar-refractivity contribution in [2.75, 3.05) is 27.8 Å². The fourth-order valence-electron chi connectivity index (χ4n) is 1.58. The van der Waals surface area contributed by atoms with E-state index < -0.39 is 6.29 Å². The van der Waals surface area contributed by atoms with E-state index in [9.17, 15) is 4.79 Å². The summed E-state index contributed by atoms with van der Waals surface area (Å²) in [6.07, 6.45) is 3.17. The summed E-state index contributed by atoms with van der Waals surface area (Å²) < 4.78 is 12.0. The van der Waals surface area contributed by atoms with Gasteiger partial charge in [0.25, 0.3) is 5.91 Å². The predicted molar refractivity (Wildman–Crippen MR) is 67.8 cm³/mol. The minimum atomic E-state index is -0.428. The first-order valence-corrected chi connectivity index (χ1v) is 6.27. The van der Waals surface area contributed by atoms with Gasteiger partial charge in [-0.1, -0.05) is 0 Å². The van der Waals surface area contributed by atoms with Crippen molar-refractivity contribution >= 4 is 22.2 Å². The summed E-state index contributed by atoms with van der Waals surface area (Å²) in [4.78, 5) is 18.7. The number of ether oxygens (including phenoxy) is 2. The van der Waals surface area contributed by atoms with Gasteiger partial charge in [-0.3, -0.25) is 9.20 Å². The van der Waals surface area contributed by atoms with Crippen LogP contribution in [0.5, 0.6) is 0 Å². The van der Waals surface area contributed by atoms with Gasteiger partial charge in [-0.15, -0.1) is 11.3 Å². The monoisotopic (exact) mass is 269 g/mol. The van der Waals surface area contributed by atoms with Crippen LogP contribution in [0.15, 0.2) is 17.8 Å². The zero-order valence-electron chi connectivity index (χ0n) is 10.5. The molecule has 2 heterocycles. The largest absolute Gasteiger partial charge is 0.354 e. The van der Waals surface area contributed by atoms with Crippen LogP contribution in [-0.4, -0.2) is 54.3 Å². The van der Waals surface area contributed by atoms with Crippen molar-refractivity contribution < 1.29 is 14.3 Å². The first-order valence-electron chi connectivity index (χ1n) is 5.39. The highest BCUT2D eigenvalue weighted by Crippen LogP contribution is 2.12. The second kappa shape index (κ2) is 5.47. The van der Waals surface area contributed by atoms with E-state index in [-0.39, 0.29) is 5.91 Å². The number of fused-ring (bicyclic) bond motifs is 1. The Bertz CT molecular complexity index is 504. The van der Waals surface area contributed by atoms with Crippen molar-refractivity contribution in [1.82, 2.24) is 14.3 Å². The van der Waals surface area contributed by atoms with E-state index in [2.05, 4.69) is 4.98 Å². The van der Waals surface area contributed by atoms with Gasteiger partial charge in [0.2, 0.25) is 0 Å². The second-order valence-corrected chi connectivity index (χ2v) is 4.68. The molecule has 1 amide bonds. The topological polar surface area (TPSA) is 56.1 Å². The number of aromatic nitrogens is 2. The normalized spacial score (nSPS) is 11.3. The van der Waals surface area contributed by atoms with Gasteiger partial charge in [-0.05, 0) is 0 Å². The third kappa shape index (κ3) is 2.53. The van der Waals surface area contributed by atoms with E-state index in [0.717, 1.165) is 4.96 Å². The first kappa shape index (κ1) is 13.0. The minimum Gasteiger partial charge on any atom is -0.354 e. The van der Waals surface area contributed by atoms with Crippen LogP contribution in [0.4, 0.5) is 0 Å². The summed E-state index contributed by atoms with van der Waals surface area (Å²) in [6.45, 7) is 0.358. The van der Waals surface area contributed by atoms with Gasteiger partial charge in [0.1, 0.15) is 5.69 Å². The minimum absolute atomic E-state index is 0.148. The molecule has 0 atom stereocenters. The lowest BCUT2D eigenvalue weighted by Gasteiger charge is -2.21. The van der Waals surface area contributed by atoms with Crippen molar-refractivity contribution in [3.63, 3.8) is 0 Å². The zero-order valence-corrected chi connectivity index (χ0v) is 11.3. The number of carbonyl (C=O) groups is 1. The van der Waals surface area contributed by atoms with Crippen LogP contribution in [0.2, 0.25) is 0 Å². The van der Waals surface area contributed by atoms with Gasteiger partial charge in [-0.25, -0.2) is 4.98 Å². The number of hydrogen-bond donors (Lipinski definition) is 0. The molecule has 0 radical (unpaired) electrons. The number of thiazole rings is 1. The molecule has 2 aromatic heterocycles. The van der Waals surface area contributed by atoms with E-state index >= 15 is 0 Å². The summed E-state index contributed by atoms with van der Waals surface area (Å²) in [5.74, 6) is -0.148. The van der Waals surface area contributed by atoms with Crippen molar-refractivity contribution in [2.45, 2.75) is 6.29 Å². The molecule has 0 N–H and O–H groups in total. The third-order valence-electron chi connectivity index (χ3n) is 2.61. The quantitative estimate of drug-likeness (QED) is 0.762. The predicted octanol–water partition coefficient (Wildman–Crippen LogP) is 1.09. The Balaban J connectivity index is 2.08. The van der Waals surface area contributed by atoms with Gasteiger partial charge >= 0.3 is 0 Å². The molecular formula is C11H15N3O3S. The Kier molecular flexibility index (Phi) is 3.95. The molecular weight excluding hydrogens is 254 g/mol. The second-order valence-electron chi connectivity index (χ2n) is 3.81. The summed E-state index contributed by atoms with van der Waals surface area (Å²) in [5.41, 5.74) is 0.426. The molecule has 0 fully saturated rings. The molecule has 18 heavy (non-hydrogen) atoms. The molecule has 2 aromatic rings. The smallest absolute Gasteiger partial charge is 0.274 e. The van der Waals surface area contributed by atoms with E-state index in [4.69, 9.17) is 9.47 Å². The lowest BCUT2D eigenvalue weighted by atomic mass is 10.4. The average Bonchev–Trinajstić information content (AvgIpc) is 2.95. The molecule has 0 aliphatic heterocycles. The van der Waals surface area contributed by atoms with E-state index in [1.54, 1.807) is 27.5 Å². The standard InChI is InChI=1S/C11H15N3O3S/c1-13(7-9(16-2)17-3)10(15)8-6-14-4-5-18-11(14)12-8/h4-6,9H,7H2,1-3H3. The Morgan fingerprint density at radius 3 is 2.89 bits per heavy atom. The number of rotatable bonds is 5. The van der Waals surface area contributed by atoms with Gasteiger partial charge in [-0.2, -0.15) is 0 Å². The Labute approximate surface area is 109 Å². The molecule has 0 spiro atoms. The van der Waals surface area contributed by atoms with Crippen molar-refractivity contribution in [2.24, 2.45) is 0 Å². The number of likely N-dealkylation sites (N-methyl/N-ethyl adjacent to an activating group) is 1. The fraction of sp³-hybridized carbons (Fsp3) is 0.455. The number of carbonyl (C=O) groups excluding carboxylic acids is 1. The highest BCUT2D eigenvalue weighted by Gasteiger charge is 2.19. The van der Waals surface area contributed by atoms with Crippen LogP contribution >= 0.6 is 11.3 Å². The van der Waals surface area contributed by atoms with Crippen LogP contribution in [0.25, 0.3) is 4.96 Å². The van der Waals surface area contributed by atoms with E-state index in [0.29, 0.717) is 12.2 Å². The van der Waals surface area contributed by atoms with Crippen molar-refractivity contribution in [3.05, 3.63) is 23.5 Å². The summed E-state index contributed by atoms with van der Waals surface area (Å²) in [7, 11) is 4.78. The summed E-state index contributed by atoms with van der Waals surface area (Å²) >= 11 is 1.49. The molecule has 0 unspecified atom stereocenters. The third-order valence-corrected chi connectivity index (χ3v) is 3.38. The lowest BCUT2D eigenvalue weighted by Crippen LogP contribution is -2.36. The Hall–Kier alpha value is -1.44. The Morgan fingerprint density at radius 1 is 1.56 bits per heavy atom. The van der Waals surface area contributed by atoms with Gasteiger partial charge < -0.3 is 14.4 Å². The maximum absolute atomic E-state index is 12.1. The van der Waals surface area contributed by atoms with Gasteiger partial charge in [0, 0.05) is 39.0 Å². The molecule has 0 saturated carbocycles. The zero-order chi connectivity index (χ0) is 13.1. The van der Waals surface area contributed by atoms with Gasteiger partial charge in [0.15, 0.2) is 11.3 Å². The van der Waals surface area contributed by atoms with Crippen molar-refractivity contribution in [1.29, 1.82) is 0 Å².